The highest BCUT2D eigenvalue weighted by Gasteiger charge is 2.26. The molecule has 3 unspecified atom stereocenters. The molecule has 0 amide bonds. The minimum atomic E-state index is -0.810. The van der Waals surface area contributed by atoms with E-state index in [0.717, 1.165) is 36.8 Å². The summed E-state index contributed by atoms with van der Waals surface area (Å²) in [4.78, 5) is 21.8. The smallest absolute Gasteiger partial charge is 0.310 e. The number of benzene rings is 1. The van der Waals surface area contributed by atoms with Crippen molar-refractivity contribution in [1.29, 1.82) is 0 Å². The van der Waals surface area contributed by atoms with Crippen LogP contribution in [0, 0.1) is 10.8 Å². The largest absolute Gasteiger partial charge is 0.481 e. The number of hydrogen-bond acceptors (Lipinski definition) is 3. The summed E-state index contributed by atoms with van der Waals surface area (Å²) >= 11 is 0. The quantitative estimate of drug-likeness (QED) is 0.832. The zero-order valence-corrected chi connectivity index (χ0v) is 11.8. The van der Waals surface area contributed by atoms with Crippen molar-refractivity contribution in [3.63, 3.8) is 0 Å². The zero-order chi connectivity index (χ0) is 14.5. The molecule has 1 aliphatic carbocycles. The first kappa shape index (κ1) is 14.7. The Balaban J connectivity index is 2.03. The van der Waals surface area contributed by atoms with Gasteiger partial charge in [0.05, 0.1) is 12.0 Å². The van der Waals surface area contributed by atoms with Crippen molar-refractivity contribution in [2.75, 3.05) is 0 Å². The van der Waals surface area contributed by atoms with Gasteiger partial charge < -0.3 is 5.11 Å². The summed E-state index contributed by atoms with van der Waals surface area (Å²) in [5, 5.41) is 12.3. The van der Waals surface area contributed by atoms with E-state index in [2.05, 4.69) is 5.18 Å². The molecule has 1 aliphatic rings. The third kappa shape index (κ3) is 3.44. The molecule has 20 heavy (non-hydrogen) atoms. The Labute approximate surface area is 119 Å². The fraction of sp³-hybridized carbons (Fsp3) is 0.562. The predicted molar refractivity (Wildman–Crippen MR) is 77.7 cm³/mol. The maximum Gasteiger partial charge on any atom is 0.310 e. The van der Waals surface area contributed by atoms with Crippen molar-refractivity contribution in [2.24, 2.45) is 11.1 Å². The van der Waals surface area contributed by atoms with Gasteiger partial charge in [-0.05, 0) is 43.2 Å². The second-order valence-corrected chi connectivity index (χ2v) is 5.72. The first-order valence-corrected chi connectivity index (χ1v) is 7.26. The fourth-order valence-electron chi connectivity index (χ4n) is 2.95. The van der Waals surface area contributed by atoms with Gasteiger partial charge in [-0.2, -0.15) is 4.91 Å². The van der Waals surface area contributed by atoms with E-state index in [1.54, 1.807) is 6.92 Å². The number of carboxylic acid groups (broad SMARTS) is 1. The molecular formula is C16H21NO3. The summed E-state index contributed by atoms with van der Waals surface area (Å²) in [6, 6.07) is 7.65. The molecule has 0 aromatic heterocycles. The summed E-state index contributed by atoms with van der Waals surface area (Å²) in [6.07, 6.45) is 5.09. The van der Waals surface area contributed by atoms with Gasteiger partial charge in [0, 0.05) is 0 Å². The number of nitrogens with zero attached hydrogens (tertiary/aromatic N) is 1. The van der Waals surface area contributed by atoms with E-state index < -0.39 is 11.9 Å². The van der Waals surface area contributed by atoms with Gasteiger partial charge in [-0.3, -0.25) is 4.79 Å². The van der Waals surface area contributed by atoms with Crippen LogP contribution < -0.4 is 0 Å². The summed E-state index contributed by atoms with van der Waals surface area (Å²) < 4.78 is 0. The molecule has 1 aromatic rings. The first-order valence-electron chi connectivity index (χ1n) is 7.26. The lowest BCUT2D eigenvalue weighted by atomic mass is 9.81. The predicted octanol–water partition coefficient (Wildman–Crippen LogP) is 3.74. The molecule has 0 spiro atoms. The number of hydrogen-bond donors (Lipinski definition) is 1. The van der Waals surface area contributed by atoms with E-state index in [4.69, 9.17) is 5.11 Å². The second-order valence-electron chi connectivity index (χ2n) is 5.72. The van der Waals surface area contributed by atoms with E-state index >= 15 is 0 Å². The fourth-order valence-corrected chi connectivity index (χ4v) is 2.95. The van der Waals surface area contributed by atoms with Gasteiger partial charge >= 0.3 is 5.97 Å². The van der Waals surface area contributed by atoms with Gasteiger partial charge in [-0.15, -0.1) is 0 Å². The number of rotatable bonds is 5. The lowest BCUT2D eigenvalue weighted by molar-refractivity contribution is -0.138. The molecule has 108 valence electrons. The van der Waals surface area contributed by atoms with E-state index in [1.807, 2.05) is 24.3 Å². The Morgan fingerprint density at radius 1 is 1.30 bits per heavy atom. The number of carboxylic acids is 1. The molecule has 1 N–H and O–H groups in total. The molecule has 4 nitrogen and oxygen atoms in total. The van der Waals surface area contributed by atoms with Gasteiger partial charge in [0.15, 0.2) is 0 Å². The normalized spacial score (nSPS) is 24.1. The molecule has 0 heterocycles. The highest BCUT2D eigenvalue weighted by atomic mass is 16.4. The third-order valence-electron chi connectivity index (χ3n) is 4.35. The maximum atomic E-state index is 10.9. The minimum Gasteiger partial charge on any atom is -0.481 e. The Morgan fingerprint density at radius 2 is 1.95 bits per heavy atom. The summed E-state index contributed by atoms with van der Waals surface area (Å²) in [5.41, 5.74) is 1.97. The summed E-state index contributed by atoms with van der Waals surface area (Å²) in [5.74, 6) is -0.956. The second kappa shape index (κ2) is 6.64. The van der Waals surface area contributed by atoms with Gasteiger partial charge in [0.2, 0.25) is 0 Å². The summed E-state index contributed by atoms with van der Waals surface area (Å²) in [7, 11) is 0. The van der Waals surface area contributed by atoms with Crippen molar-refractivity contribution in [2.45, 2.75) is 51.0 Å². The highest BCUT2D eigenvalue weighted by molar-refractivity contribution is 5.75. The van der Waals surface area contributed by atoms with Gasteiger partial charge in [0.25, 0.3) is 0 Å². The maximum absolute atomic E-state index is 10.9. The Hall–Kier alpha value is -1.71. The molecular weight excluding hydrogens is 254 g/mol. The number of nitroso groups, excluding NO2 is 1. The molecule has 0 aliphatic heterocycles. The van der Waals surface area contributed by atoms with Gasteiger partial charge in [0.1, 0.15) is 0 Å². The SMILES string of the molecule is CC(C(=O)O)c1ccc(CC2CCCCC2N=O)cc1. The molecule has 3 atom stereocenters. The number of aliphatic carboxylic acids is 1. The van der Waals surface area contributed by atoms with Crippen LogP contribution in [0.1, 0.15) is 49.7 Å². The van der Waals surface area contributed by atoms with Crippen LogP contribution in [0.15, 0.2) is 29.4 Å². The lowest BCUT2D eigenvalue weighted by Gasteiger charge is -2.26. The molecule has 1 saturated carbocycles. The van der Waals surface area contributed by atoms with Crippen LogP contribution in [-0.2, 0) is 11.2 Å². The number of carbonyl (C=O) groups is 1. The standard InChI is InChI=1S/C16H21NO3/c1-11(16(18)19)13-8-6-12(7-9-13)10-14-4-2-3-5-15(14)17-20/h6-9,11,14-15H,2-5,10H2,1H3,(H,18,19). The van der Waals surface area contributed by atoms with Crippen molar-refractivity contribution >= 4 is 5.97 Å². The monoisotopic (exact) mass is 275 g/mol. The van der Waals surface area contributed by atoms with Crippen molar-refractivity contribution in [3.05, 3.63) is 40.3 Å². The Morgan fingerprint density at radius 3 is 2.55 bits per heavy atom. The highest BCUT2D eigenvalue weighted by Crippen LogP contribution is 2.30. The van der Waals surface area contributed by atoms with Crippen LogP contribution in [0.4, 0.5) is 0 Å². The molecule has 1 fully saturated rings. The lowest BCUT2D eigenvalue weighted by Crippen LogP contribution is -2.24. The van der Waals surface area contributed by atoms with E-state index in [0.29, 0.717) is 5.92 Å². The van der Waals surface area contributed by atoms with Crippen LogP contribution in [-0.4, -0.2) is 17.1 Å². The average Bonchev–Trinajstić information content (AvgIpc) is 2.48. The van der Waals surface area contributed by atoms with E-state index in [-0.39, 0.29) is 6.04 Å². The van der Waals surface area contributed by atoms with Crippen molar-refractivity contribution < 1.29 is 9.90 Å². The van der Waals surface area contributed by atoms with Crippen LogP contribution in [0.2, 0.25) is 0 Å². The Bertz CT molecular complexity index is 469. The Kier molecular flexibility index (Phi) is 4.88. The molecule has 0 bridgehead atoms. The summed E-state index contributed by atoms with van der Waals surface area (Å²) in [6.45, 7) is 1.69. The minimum absolute atomic E-state index is 0.0543. The third-order valence-corrected chi connectivity index (χ3v) is 4.35. The zero-order valence-electron chi connectivity index (χ0n) is 11.8. The molecule has 2 rings (SSSR count). The van der Waals surface area contributed by atoms with Crippen molar-refractivity contribution in [3.8, 4) is 0 Å². The van der Waals surface area contributed by atoms with Crippen LogP contribution in [0.5, 0.6) is 0 Å². The van der Waals surface area contributed by atoms with Crippen LogP contribution in [0.25, 0.3) is 0 Å². The van der Waals surface area contributed by atoms with Crippen LogP contribution >= 0.6 is 0 Å². The molecule has 1 aromatic carbocycles. The van der Waals surface area contributed by atoms with Crippen molar-refractivity contribution in [1.82, 2.24) is 0 Å². The van der Waals surface area contributed by atoms with Crippen LogP contribution in [0.3, 0.4) is 0 Å². The molecule has 0 saturated heterocycles. The van der Waals surface area contributed by atoms with E-state index in [9.17, 15) is 9.70 Å². The van der Waals surface area contributed by atoms with Gasteiger partial charge in [-0.25, -0.2) is 0 Å². The topological polar surface area (TPSA) is 66.7 Å². The average molecular weight is 275 g/mol. The molecule has 4 heteroatoms. The van der Waals surface area contributed by atoms with Gasteiger partial charge in [-0.1, -0.05) is 42.3 Å². The molecule has 0 radical (unpaired) electrons. The van der Waals surface area contributed by atoms with E-state index in [1.165, 1.54) is 6.42 Å². The first-order chi connectivity index (χ1) is 9.61.